The summed E-state index contributed by atoms with van der Waals surface area (Å²) in [7, 11) is 1.55. The van der Waals surface area contributed by atoms with Crippen molar-refractivity contribution < 1.29 is 13.6 Å². The van der Waals surface area contributed by atoms with Crippen LogP contribution in [-0.4, -0.2) is 17.3 Å². The van der Waals surface area contributed by atoms with E-state index in [4.69, 9.17) is 25.2 Å². The molecule has 0 unspecified atom stereocenters. The minimum atomic E-state index is -0.565. The van der Waals surface area contributed by atoms with Crippen molar-refractivity contribution in [2.24, 2.45) is 0 Å². The van der Waals surface area contributed by atoms with Crippen LogP contribution in [0.1, 0.15) is 0 Å². The van der Waals surface area contributed by atoms with Gasteiger partial charge in [0.05, 0.1) is 12.7 Å². The largest absolute Gasteiger partial charge is 0.496 e. The lowest BCUT2D eigenvalue weighted by Crippen LogP contribution is -2.02. The topological polar surface area (TPSA) is 78.4 Å². The van der Waals surface area contributed by atoms with Crippen LogP contribution in [0, 0.1) is 0 Å². The van der Waals surface area contributed by atoms with Crippen molar-refractivity contribution in [3.8, 4) is 28.7 Å². The molecule has 0 bridgehead atoms. The molecule has 0 spiro atoms. The lowest BCUT2D eigenvalue weighted by molar-refractivity contribution is 0.414. The Morgan fingerprint density at radius 2 is 1.72 bits per heavy atom. The number of para-hydroxylation sites is 1. The van der Waals surface area contributed by atoms with Crippen molar-refractivity contribution in [3.05, 3.63) is 64.0 Å². The SMILES string of the molecule is COc1ccccc1-c1nnc(-c2cc3cc(Cl)ccc3oc2=O)o1. The second kappa shape index (κ2) is 6.07. The van der Waals surface area contributed by atoms with Crippen molar-refractivity contribution >= 4 is 22.6 Å². The van der Waals surface area contributed by atoms with E-state index < -0.39 is 5.63 Å². The third kappa shape index (κ3) is 2.77. The number of fused-ring (bicyclic) bond motifs is 1. The summed E-state index contributed by atoms with van der Waals surface area (Å²) in [6.07, 6.45) is 0. The van der Waals surface area contributed by atoms with Gasteiger partial charge in [-0.05, 0) is 36.4 Å². The first-order valence-corrected chi connectivity index (χ1v) is 7.74. The number of methoxy groups -OCH3 is 1. The molecule has 0 radical (unpaired) electrons. The van der Waals surface area contributed by atoms with Gasteiger partial charge in [0, 0.05) is 10.4 Å². The summed E-state index contributed by atoms with van der Waals surface area (Å²) in [6.45, 7) is 0. The lowest BCUT2D eigenvalue weighted by Gasteiger charge is -2.03. The van der Waals surface area contributed by atoms with Crippen LogP contribution in [0.15, 0.2) is 62.2 Å². The summed E-state index contributed by atoms with van der Waals surface area (Å²) in [5.41, 5.74) is 0.674. The third-order valence-electron chi connectivity index (χ3n) is 3.69. The fourth-order valence-electron chi connectivity index (χ4n) is 2.51. The molecule has 2 heterocycles. The Hall–Kier alpha value is -3.12. The second-order valence-corrected chi connectivity index (χ2v) is 5.68. The van der Waals surface area contributed by atoms with E-state index in [2.05, 4.69) is 10.2 Å². The van der Waals surface area contributed by atoms with Crippen LogP contribution in [0.5, 0.6) is 5.75 Å². The first kappa shape index (κ1) is 15.4. The van der Waals surface area contributed by atoms with Gasteiger partial charge in [0.25, 0.3) is 11.8 Å². The Balaban J connectivity index is 1.84. The lowest BCUT2D eigenvalue weighted by atomic mass is 10.2. The average molecular weight is 355 g/mol. The van der Waals surface area contributed by atoms with Gasteiger partial charge in [0.1, 0.15) is 16.9 Å². The van der Waals surface area contributed by atoms with Crippen molar-refractivity contribution in [2.75, 3.05) is 7.11 Å². The molecule has 0 aliphatic rings. The molecule has 7 heteroatoms. The zero-order valence-electron chi connectivity index (χ0n) is 13.0. The van der Waals surface area contributed by atoms with Crippen LogP contribution in [0.2, 0.25) is 5.02 Å². The maximum atomic E-state index is 12.2. The Labute approximate surface area is 146 Å². The van der Waals surface area contributed by atoms with Gasteiger partial charge >= 0.3 is 5.63 Å². The van der Waals surface area contributed by atoms with E-state index in [0.29, 0.717) is 27.3 Å². The van der Waals surface area contributed by atoms with Crippen molar-refractivity contribution in [1.82, 2.24) is 10.2 Å². The van der Waals surface area contributed by atoms with Crippen molar-refractivity contribution in [3.63, 3.8) is 0 Å². The molecule has 2 aromatic heterocycles. The first-order valence-electron chi connectivity index (χ1n) is 7.36. The van der Waals surface area contributed by atoms with Crippen molar-refractivity contribution in [2.45, 2.75) is 0 Å². The van der Waals surface area contributed by atoms with Gasteiger partial charge in [-0.25, -0.2) is 4.79 Å². The fraction of sp³-hybridized carbons (Fsp3) is 0.0556. The zero-order valence-corrected chi connectivity index (χ0v) is 13.8. The van der Waals surface area contributed by atoms with Gasteiger partial charge in [0.15, 0.2) is 0 Å². The average Bonchev–Trinajstić information content (AvgIpc) is 3.11. The molecule has 0 N–H and O–H groups in total. The fourth-order valence-corrected chi connectivity index (χ4v) is 2.69. The van der Waals surface area contributed by atoms with Crippen LogP contribution in [-0.2, 0) is 0 Å². The quantitative estimate of drug-likeness (QED) is 0.514. The monoisotopic (exact) mass is 354 g/mol. The number of rotatable bonds is 3. The van der Waals surface area contributed by atoms with E-state index in [0.717, 1.165) is 0 Å². The van der Waals surface area contributed by atoms with E-state index in [9.17, 15) is 4.79 Å². The first-order chi connectivity index (χ1) is 12.2. The number of hydrogen-bond acceptors (Lipinski definition) is 6. The molecule has 0 fully saturated rings. The number of ether oxygens (including phenoxy) is 1. The van der Waals surface area contributed by atoms with Crippen LogP contribution in [0.3, 0.4) is 0 Å². The molecule has 4 aromatic rings. The normalized spacial score (nSPS) is 11.0. The molecule has 6 nitrogen and oxygen atoms in total. The predicted octanol–water partition coefficient (Wildman–Crippen LogP) is 4.17. The molecular weight excluding hydrogens is 344 g/mol. The molecule has 0 atom stereocenters. The molecule has 25 heavy (non-hydrogen) atoms. The van der Waals surface area contributed by atoms with Crippen LogP contribution in [0.25, 0.3) is 33.9 Å². The summed E-state index contributed by atoms with van der Waals surface area (Å²) < 4.78 is 16.2. The number of hydrogen-bond donors (Lipinski definition) is 0. The van der Waals surface area contributed by atoms with Crippen LogP contribution in [0.4, 0.5) is 0 Å². The van der Waals surface area contributed by atoms with Gasteiger partial charge in [-0.3, -0.25) is 0 Å². The van der Waals surface area contributed by atoms with E-state index in [-0.39, 0.29) is 17.3 Å². The maximum absolute atomic E-state index is 12.2. The standard InChI is InChI=1S/C18H11ClN2O4/c1-23-15-5-3-2-4-12(15)16-20-21-17(25-16)13-9-10-8-11(19)6-7-14(10)24-18(13)22/h2-9H,1H3. The minimum absolute atomic E-state index is 0.0662. The third-order valence-corrected chi connectivity index (χ3v) is 3.92. The van der Waals surface area contributed by atoms with Gasteiger partial charge in [-0.15, -0.1) is 10.2 Å². The van der Waals surface area contributed by atoms with Gasteiger partial charge in [-0.1, -0.05) is 23.7 Å². The number of aromatic nitrogens is 2. The highest BCUT2D eigenvalue weighted by Gasteiger charge is 2.17. The summed E-state index contributed by atoms with van der Waals surface area (Å²) >= 11 is 5.99. The predicted molar refractivity (Wildman–Crippen MR) is 92.8 cm³/mol. The number of halogens is 1. The van der Waals surface area contributed by atoms with Crippen molar-refractivity contribution in [1.29, 1.82) is 0 Å². The van der Waals surface area contributed by atoms with E-state index in [1.54, 1.807) is 43.5 Å². The highest BCUT2D eigenvalue weighted by molar-refractivity contribution is 6.31. The second-order valence-electron chi connectivity index (χ2n) is 5.24. The molecular formula is C18H11ClN2O4. The summed E-state index contributed by atoms with van der Waals surface area (Å²) in [6, 6.07) is 13.8. The Morgan fingerprint density at radius 1 is 0.960 bits per heavy atom. The molecule has 0 saturated carbocycles. The summed E-state index contributed by atoms with van der Waals surface area (Å²) in [4.78, 5) is 12.2. The van der Waals surface area contributed by atoms with E-state index >= 15 is 0 Å². The van der Waals surface area contributed by atoms with E-state index in [1.165, 1.54) is 0 Å². The van der Waals surface area contributed by atoms with E-state index in [1.807, 2.05) is 12.1 Å². The smallest absolute Gasteiger partial charge is 0.349 e. The maximum Gasteiger partial charge on any atom is 0.349 e. The zero-order chi connectivity index (χ0) is 17.4. The number of nitrogens with zero attached hydrogens (tertiary/aromatic N) is 2. The molecule has 2 aromatic carbocycles. The van der Waals surface area contributed by atoms with Gasteiger partial charge in [-0.2, -0.15) is 0 Å². The highest BCUT2D eigenvalue weighted by atomic mass is 35.5. The molecule has 0 saturated heterocycles. The van der Waals surface area contributed by atoms with Gasteiger partial charge < -0.3 is 13.6 Å². The Kier molecular flexibility index (Phi) is 3.74. The van der Waals surface area contributed by atoms with Crippen LogP contribution < -0.4 is 10.4 Å². The summed E-state index contributed by atoms with van der Waals surface area (Å²) in [5, 5.41) is 9.17. The number of benzene rings is 2. The molecule has 124 valence electrons. The van der Waals surface area contributed by atoms with Crippen LogP contribution >= 0.6 is 11.6 Å². The molecule has 0 amide bonds. The van der Waals surface area contributed by atoms with Gasteiger partial charge in [0.2, 0.25) is 0 Å². The molecule has 0 aliphatic carbocycles. The Bertz CT molecular complexity index is 1130. The highest BCUT2D eigenvalue weighted by Crippen LogP contribution is 2.30. The molecule has 0 aliphatic heterocycles. The minimum Gasteiger partial charge on any atom is -0.496 e. The molecule has 4 rings (SSSR count). The Morgan fingerprint density at radius 3 is 2.52 bits per heavy atom. The summed E-state index contributed by atoms with van der Waals surface area (Å²) in [5.74, 6) is 0.907.